The second-order valence-electron chi connectivity index (χ2n) is 3.76. The van der Waals surface area contributed by atoms with Crippen LogP contribution in [-0.4, -0.2) is 30.0 Å². The maximum Gasteiger partial charge on any atom is 0.208 e. The van der Waals surface area contributed by atoms with Crippen LogP contribution in [0.25, 0.3) is 17.1 Å². The highest BCUT2D eigenvalue weighted by molar-refractivity contribution is 6.30. The Bertz CT molecular complexity index is 686. The van der Waals surface area contributed by atoms with Crippen LogP contribution in [0.3, 0.4) is 0 Å². The Labute approximate surface area is 108 Å². The number of benzene rings is 1. The molecule has 3 rings (SSSR count). The van der Waals surface area contributed by atoms with E-state index in [9.17, 15) is 0 Å². The number of nitrogens with zero attached hydrogens (tertiary/aromatic N) is 6. The van der Waals surface area contributed by atoms with Gasteiger partial charge in [-0.3, -0.25) is 0 Å². The molecule has 0 saturated carbocycles. The Kier molecular flexibility index (Phi) is 2.56. The topological polar surface area (TPSA) is 61.4 Å². The minimum Gasteiger partial charge on any atom is -0.240 e. The Morgan fingerprint density at radius 3 is 2.89 bits per heavy atom. The third kappa shape index (κ3) is 1.98. The molecule has 1 aromatic carbocycles. The summed E-state index contributed by atoms with van der Waals surface area (Å²) in [6.45, 7) is 0. The summed E-state index contributed by atoms with van der Waals surface area (Å²) in [6, 6.07) is 7.45. The van der Waals surface area contributed by atoms with Crippen molar-refractivity contribution in [2.45, 2.75) is 0 Å². The molecule has 7 heteroatoms. The van der Waals surface area contributed by atoms with Crippen LogP contribution in [0.1, 0.15) is 0 Å². The maximum absolute atomic E-state index is 5.94. The van der Waals surface area contributed by atoms with Crippen molar-refractivity contribution >= 4 is 11.6 Å². The second kappa shape index (κ2) is 4.23. The van der Waals surface area contributed by atoms with Gasteiger partial charge in [-0.05, 0) is 23.4 Å². The predicted molar refractivity (Wildman–Crippen MR) is 66.4 cm³/mol. The Hall–Kier alpha value is -2.21. The van der Waals surface area contributed by atoms with Crippen molar-refractivity contribution in [1.82, 2.24) is 30.0 Å². The van der Waals surface area contributed by atoms with Gasteiger partial charge >= 0.3 is 0 Å². The van der Waals surface area contributed by atoms with E-state index in [-0.39, 0.29) is 0 Å². The molecule has 0 aliphatic carbocycles. The summed E-state index contributed by atoms with van der Waals surface area (Å²) < 4.78 is 1.72. The van der Waals surface area contributed by atoms with E-state index in [1.807, 2.05) is 30.5 Å². The molecule has 0 bridgehead atoms. The first-order valence-electron chi connectivity index (χ1n) is 5.27. The molecule has 2 heterocycles. The summed E-state index contributed by atoms with van der Waals surface area (Å²) in [4.78, 5) is 1.41. The standard InChI is InChI=1S/C11H9ClN6/c1-17-15-11(14-16-17)8-6-13-18(7-8)10-4-2-3-9(12)5-10/h2-7H,1H3. The molecule has 0 amide bonds. The van der Waals surface area contributed by atoms with Crippen LogP contribution in [0.5, 0.6) is 0 Å². The molecule has 0 spiro atoms. The first-order valence-corrected chi connectivity index (χ1v) is 5.65. The number of halogens is 1. The van der Waals surface area contributed by atoms with E-state index in [1.54, 1.807) is 17.9 Å². The third-order valence-corrected chi connectivity index (χ3v) is 2.66. The summed E-state index contributed by atoms with van der Waals surface area (Å²) in [5, 5.41) is 16.8. The first kappa shape index (κ1) is 10.9. The molecule has 0 aliphatic rings. The maximum atomic E-state index is 5.94. The highest BCUT2D eigenvalue weighted by Crippen LogP contribution is 2.17. The minimum atomic E-state index is 0.547. The van der Waals surface area contributed by atoms with E-state index in [2.05, 4.69) is 20.5 Å². The van der Waals surface area contributed by atoms with Crippen molar-refractivity contribution < 1.29 is 0 Å². The molecule has 0 unspecified atom stereocenters. The molecule has 18 heavy (non-hydrogen) atoms. The van der Waals surface area contributed by atoms with E-state index in [1.165, 1.54) is 4.80 Å². The van der Waals surface area contributed by atoms with Crippen molar-refractivity contribution in [1.29, 1.82) is 0 Å². The largest absolute Gasteiger partial charge is 0.240 e. The predicted octanol–water partition coefficient (Wildman–Crippen LogP) is 1.72. The molecule has 2 aromatic heterocycles. The van der Waals surface area contributed by atoms with Gasteiger partial charge in [-0.1, -0.05) is 17.7 Å². The van der Waals surface area contributed by atoms with Crippen molar-refractivity contribution in [2.75, 3.05) is 0 Å². The van der Waals surface area contributed by atoms with Gasteiger partial charge in [0.15, 0.2) is 0 Å². The fourth-order valence-corrected chi connectivity index (χ4v) is 1.78. The summed E-state index contributed by atoms with van der Waals surface area (Å²) in [7, 11) is 1.72. The van der Waals surface area contributed by atoms with Crippen LogP contribution in [0.15, 0.2) is 36.7 Å². The number of rotatable bonds is 2. The number of hydrogen-bond donors (Lipinski definition) is 0. The second-order valence-corrected chi connectivity index (χ2v) is 4.19. The zero-order chi connectivity index (χ0) is 12.5. The van der Waals surface area contributed by atoms with Gasteiger partial charge in [0.25, 0.3) is 0 Å². The van der Waals surface area contributed by atoms with Gasteiger partial charge in [-0.25, -0.2) is 4.68 Å². The van der Waals surface area contributed by atoms with E-state index in [0.717, 1.165) is 11.3 Å². The summed E-state index contributed by atoms with van der Waals surface area (Å²) >= 11 is 5.94. The average molecular weight is 261 g/mol. The van der Waals surface area contributed by atoms with Gasteiger partial charge < -0.3 is 0 Å². The molecule has 0 atom stereocenters. The van der Waals surface area contributed by atoms with Gasteiger partial charge in [-0.15, -0.1) is 10.2 Å². The number of hydrogen-bond acceptors (Lipinski definition) is 4. The van der Waals surface area contributed by atoms with Gasteiger partial charge in [0.05, 0.1) is 24.5 Å². The van der Waals surface area contributed by atoms with Crippen molar-refractivity contribution in [3.05, 3.63) is 41.7 Å². The van der Waals surface area contributed by atoms with Crippen molar-refractivity contribution in [3.8, 4) is 17.1 Å². The van der Waals surface area contributed by atoms with E-state index in [0.29, 0.717) is 10.8 Å². The quantitative estimate of drug-likeness (QED) is 0.704. The van der Waals surface area contributed by atoms with E-state index in [4.69, 9.17) is 11.6 Å². The van der Waals surface area contributed by atoms with Gasteiger partial charge in [0, 0.05) is 11.2 Å². The molecular weight excluding hydrogens is 252 g/mol. The van der Waals surface area contributed by atoms with Gasteiger partial charge in [0.2, 0.25) is 5.82 Å². The molecule has 0 fully saturated rings. The number of tetrazole rings is 1. The zero-order valence-corrected chi connectivity index (χ0v) is 10.3. The van der Waals surface area contributed by atoms with E-state index >= 15 is 0 Å². The molecule has 3 aromatic rings. The lowest BCUT2D eigenvalue weighted by molar-refractivity contribution is 0.630. The summed E-state index contributed by atoms with van der Waals surface area (Å²) in [6.07, 6.45) is 3.53. The van der Waals surface area contributed by atoms with Crippen molar-refractivity contribution in [2.24, 2.45) is 7.05 Å². The fraction of sp³-hybridized carbons (Fsp3) is 0.0909. The molecular formula is C11H9ClN6. The first-order chi connectivity index (χ1) is 8.72. The molecule has 0 saturated heterocycles. The van der Waals surface area contributed by atoms with Gasteiger partial charge in [0.1, 0.15) is 0 Å². The normalized spacial score (nSPS) is 10.8. The molecule has 0 aliphatic heterocycles. The molecule has 0 N–H and O–H groups in total. The van der Waals surface area contributed by atoms with Crippen LogP contribution in [-0.2, 0) is 7.05 Å². The lowest BCUT2D eigenvalue weighted by Crippen LogP contribution is -1.93. The van der Waals surface area contributed by atoms with Crippen LogP contribution in [0.4, 0.5) is 0 Å². The summed E-state index contributed by atoms with van der Waals surface area (Å²) in [5.74, 6) is 0.547. The smallest absolute Gasteiger partial charge is 0.208 e. The van der Waals surface area contributed by atoms with Crippen LogP contribution in [0, 0.1) is 0 Å². The highest BCUT2D eigenvalue weighted by Gasteiger charge is 2.08. The Morgan fingerprint density at radius 1 is 1.28 bits per heavy atom. The third-order valence-electron chi connectivity index (χ3n) is 2.42. The van der Waals surface area contributed by atoms with Crippen molar-refractivity contribution in [3.63, 3.8) is 0 Å². The lowest BCUT2D eigenvalue weighted by atomic mass is 10.3. The molecule has 6 nitrogen and oxygen atoms in total. The average Bonchev–Trinajstić information content (AvgIpc) is 2.97. The lowest BCUT2D eigenvalue weighted by Gasteiger charge is -2.00. The van der Waals surface area contributed by atoms with Crippen LogP contribution < -0.4 is 0 Å². The Morgan fingerprint density at radius 2 is 2.17 bits per heavy atom. The van der Waals surface area contributed by atoms with Crippen LogP contribution in [0.2, 0.25) is 5.02 Å². The number of aromatic nitrogens is 6. The van der Waals surface area contributed by atoms with Gasteiger partial charge in [-0.2, -0.15) is 9.90 Å². The molecule has 0 radical (unpaired) electrons. The van der Waals surface area contributed by atoms with Crippen LogP contribution >= 0.6 is 11.6 Å². The highest BCUT2D eigenvalue weighted by atomic mass is 35.5. The fourth-order valence-electron chi connectivity index (χ4n) is 1.60. The molecule has 90 valence electrons. The monoisotopic (exact) mass is 260 g/mol. The Balaban J connectivity index is 1.99. The van der Waals surface area contributed by atoms with E-state index < -0.39 is 0 Å². The number of aryl methyl sites for hydroxylation is 1. The minimum absolute atomic E-state index is 0.547. The zero-order valence-electron chi connectivity index (χ0n) is 9.53. The summed E-state index contributed by atoms with van der Waals surface area (Å²) in [5.41, 5.74) is 1.70. The SMILES string of the molecule is Cn1nnc(-c2cnn(-c3cccc(Cl)c3)c2)n1.